The summed E-state index contributed by atoms with van der Waals surface area (Å²) in [5.41, 5.74) is 0. The van der Waals surface area contributed by atoms with Crippen LogP contribution in [0.4, 0.5) is 4.79 Å². The molecule has 0 spiro atoms. The maximum Gasteiger partial charge on any atom is 0.320 e. The highest BCUT2D eigenvalue weighted by Crippen LogP contribution is 2.17. The van der Waals surface area contributed by atoms with Crippen LogP contribution in [0.2, 0.25) is 5.02 Å². The van der Waals surface area contributed by atoms with Crippen LogP contribution < -0.4 is 10.1 Å². The Hall–Kier alpha value is -1.42. The molecule has 1 aromatic carbocycles. The van der Waals surface area contributed by atoms with Crippen molar-refractivity contribution in [3.63, 3.8) is 0 Å². The summed E-state index contributed by atoms with van der Waals surface area (Å²) in [6.07, 6.45) is 3.35. The van der Waals surface area contributed by atoms with Gasteiger partial charge in [-0.15, -0.1) is 0 Å². The van der Waals surface area contributed by atoms with Crippen LogP contribution in [0.1, 0.15) is 26.2 Å². The van der Waals surface area contributed by atoms with E-state index in [0.29, 0.717) is 16.8 Å². The lowest BCUT2D eigenvalue weighted by atomic mass is 10.0. The second kappa shape index (κ2) is 6.66. The topological polar surface area (TPSA) is 41.6 Å². The molecule has 19 heavy (non-hydrogen) atoms. The number of amides is 2. The van der Waals surface area contributed by atoms with E-state index in [9.17, 15) is 4.79 Å². The molecule has 1 heterocycles. The molecule has 1 saturated heterocycles. The average molecular weight is 283 g/mol. The standard InChI is InChI=1S/C14H19ClN2O2/c1-11-4-2-3-9-17(11)14(18)16-10-19-13-7-5-12(15)6-8-13/h5-8,11H,2-4,9-10H2,1H3,(H,16,18). The van der Waals surface area contributed by atoms with Crippen molar-refractivity contribution in [2.24, 2.45) is 0 Å². The lowest BCUT2D eigenvalue weighted by molar-refractivity contribution is 0.149. The summed E-state index contributed by atoms with van der Waals surface area (Å²) < 4.78 is 5.44. The van der Waals surface area contributed by atoms with Gasteiger partial charge in [0, 0.05) is 17.6 Å². The SMILES string of the molecule is CC1CCCCN1C(=O)NCOc1ccc(Cl)cc1. The van der Waals surface area contributed by atoms with Gasteiger partial charge in [0.2, 0.25) is 0 Å². The highest BCUT2D eigenvalue weighted by Gasteiger charge is 2.22. The number of carbonyl (C=O) groups is 1. The second-order valence-corrected chi connectivity index (χ2v) is 5.20. The van der Waals surface area contributed by atoms with Crippen LogP contribution in [-0.4, -0.2) is 30.2 Å². The number of urea groups is 1. The van der Waals surface area contributed by atoms with Crippen molar-refractivity contribution < 1.29 is 9.53 Å². The van der Waals surface area contributed by atoms with E-state index >= 15 is 0 Å². The molecule has 0 aliphatic carbocycles. The summed E-state index contributed by atoms with van der Waals surface area (Å²) in [5.74, 6) is 0.691. The third kappa shape index (κ3) is 4.03. The Kier molecular flexibility index (Phi) is 4.91. The number of nitrogens with one attached hydrogen (secondary N) is 1. The zero-order valence-electron chi connectivity index (χ0n) is 11.1. The molecule has 1 aromatic rings. The molecule has 1 unspecified atom stereocenters. The van der Waals surface area contributed by atoms with Crippen LogP contribution in [0, 0.1) is 0 Å². The van der Waals surface area contributed by atoms with Gasteiger partial charge in [-0.1, -0.05) is 11.6 Å². The maximum atomic E-state index is 12.0. The molecule has 4 nitrogen and oxygen atoms in total. The highest BCUT2D eigenvalue weighted by atomic mass is 35.5. The summed E-state index contributed by atoms with van der Waals surface area (Å²) in [5, 5.41) is 3.44. The predicted molar refractivity (Wildman–Crippen MR) is 75.5 cm³/mol. The van der Waals surface area contributed by atoms with Crippen molar-refractivity contribution >= 4 is 17.6 Å². The largest absolute Gasteiger partial charge is 0.473 e. The summed E-state index contributed by atoms with van der Waals surface area (Å²) in [6.45, 7) is 3.08. The zero-order valence-corrected chi connectivity index (χ0v) is 11.8. The highest BCUT2D eigenvalue weighted by molar-refractivity contribution is 6.30. The Morgan fingerprint density at radius 2 is 2.16 bits per heavy atom. The maximum absolute atomic E-state index is 12.0. The van der Waals surface area contributed by atoms with Gasteiger partial charge >= 0.3 is 6.03 Å². The molecule has 1 fully saturated rings. The fourth-order valence-corrected chi connectivity index (χ4v) is 2.34. The Balaban J connectivity index is 1.75. The van der Waals surface area contributed by atoms with Crippen molar-refractivity contribution in [1.29, 1.82) is 0 Å². The number of hydrogen-bond acceptors (Lipinski definition) is 2. The van der Waals surface area contributed by atoms with Crippen LogP contribution in [0.25, 0.3) is 0 Å². The summed E-state index contributed by atoms with van der Waals surface area (Å²) in [7, 11) is 0. The molecule has 0 radical (unpaired) electrons. The Morgan fingerprint density at radius 3 is 2.84 bits per heavy atom. The van der Waals surface area contributed by atoms with E-state index in [1.54, 1.807) is 24.3 Å². The minimum absolute atomic E-state index is 0.0545. The molecular formula is C14H19ClN2O2. The predicted octanol–water partition coefficient (Wildman–Crippen LogP) is 3.26. The fourth-order valence-electron chi connectivity index (χ4n) is 2.21. The third-order valence-corrected chi connectivity index (χ3v) is 3.59. The Labute approximate surface area is 118 Å². The van der Waals surface area contributed by atoms with Crippen molar-refractivity contribution in [2.75, 3.05) is 13.3 Å². The van der Waals surface area contributed by atoms with Gasteiger partial charge in [0.05, 0.1) is 0 Å². The lowest BCUT2D eigenvalue weighted by Gasteiger charge is -2.33. The van der Waals surface area contributed by atoms with Gasteiger partial charge in [0.25, 0.3) is 0 Å². The fraction of sp³-hybridized carbons (Fsp3) is 0.500. The number of piperidine rings is 1. The van der Waals surface area contributed by atoms with Crippen molar-refractivity contribution in [3.8, 4) is 5.75 Å². The molecule has 1 atom stereocenters. The number of rotatable bonds is 3. The Bertz CT molecular complexity index is 422. The zero-order chi connectivity index (χ0) is 13.7. The molecule has 1 aliphatic rings. The van der Waals surface area contributed by atoms with E-state index in [1.165, 1.54) is 6.42 Å². The summed E-state index contributed by atoms with van der Waals surface area (Å²) >= 11 is 5.78. The van der Waals surface area contributed by atoms with Gasteiger partial charge in [-0.2, -0.15) is 0 Å². The minimum Gasteiger partial charge on any atom is -0.473 e. The number of carbonyl (C=O) groups excluding carboxylic acids is 1. The van der Waals surface area contributed by atoms with Crippen molar-refractivity contribution in [3.05, 3.63) is 29.3 Å². The average Bonchev–Trinajstić information content (AvgIpc) is 2.41. The van der Waals surface area contributed by atoms with E-state index in [2.05, 4.69) is 12.2 Å². The lowest BCUT2D eigenvalue weighted by Crippen LogP contribution is -2.48. The van der Waals surface area contributed by atoms with Crippen LogP contribution in [0.15, 0.2) is 24.3 Å². The number of nitrogens with zero attached hydrogens (tertiary/aromatic N) is 1. The van der Waals surface area contributed by atoms with Gasteiger partial charge in [-0.05, 0) is 50.5 Å². The molecule has 0 aromatic heterocycles. The van der Waals surface area contributed by atoms with E-state index < -0.39 is 0 Å². The molecule has 5 heteroatoms. The quantitative estimate of drug-likeness (QED) is 0.865. The summed E-state index contributed by atoms with van der Waals surface area (Å²) in [4.78, 5) is 13.8. The van der Waals surface area contributed by atoms with Crippen LogP contribution in [0.5, 0.6) is 5.75 Å². The van der Waals surface area contributed by atoms with Gasteiger partial charge in [0.15, 0.2) is 6.73 Å². The summed E-state index contributed by atoms with van der Waals surface area (Å²) in [6, 6.07) is 7.32. The molecule has 104 valence electrons. The monoisotopic (exact) mass is 282 g/mol. The van der Waals surface area contributed by atoms with Crippen molar-refractivity contribution in [1.82, 2.24) is 10.2 Å². The minimum atomic E-state index is -0.0545. The Morgan fingerprint density at radius 1 is 1.42 bits per heavy atom. The van der Waals surface area contributed by atoms with Crippen LogP contribution in [0.3, 0.4) is 0 Å². The first-order valence-corrected chi connectivity index (χ1v) is 6.97. The number of halogens is 1. The van der Waals surface area contributed by atoms with Gasteiger partial charge in [0.1, 0.15) is 5.75 Å². The first-order chi connectivity index (χ1) is 9.16. The second-order valence-electron chi connectivity index (χ2n) is 4.76. The number of likely N-dealkylation sites (tertiary alicyclic amines) is 1. The molecule has 2 rings (SSSR count). The normalized spacial score (nSPS) is 19.1. The van der Waals surface area contributed by atoms with Crippen molar-refractivity contribution in [2.45, 2.75) is 32.2 Å². The molecule has 1 aliphatic heterocycles. The van der Waals surface area contributed by atoms with Gasteiger partial charge < -0.3 is 15.0 Å². The van der Waals surface area contributed by atoms with Gasteiger partial charge in [-0.25, -0.2) is 4.79 Å². The number of hydrogen-bond donors (Lipinski definition) is 1. The third-order valence-electron chi connectivity index (χ3n) is 3.34. The van der Waals surface area contributed by atoms with Gasteiger partial charge in [-0.3, -0.25) is 0 Å². The van der Waals surface area contributed by atoms with E-state index in [4.69, 9.17) is 16.3 Å². The smallest absolute Gasteiger partial charge is 0.320 e. The number of ether oxygens (including phenoxy) is 1. The van der Waals surface area contributed by atoms with E-state index in [0.717, 1.165) is 19.4 Å². The number of benzene rings is 1. The van der Waals surface area contributed by atoms with E-state index in [1.807, 2.05) is 4.90 Å². The molecule has 0 saturated carbocycles. The van der Waals surface area contributed by atoms with Crippen LogP contribution in [-0.2, 0) is 0 Å². The van der Waals surface area contributed by atoms with Crippen LogP contribution >= 0.6 is 11.6 Å². The van der Waals surface area contributed by atoms with E-state index in [-0.39, 0.29) is 12.8 Å². The molecule has 1 N–H and O–H groups in total. The molecule has 0 bridgehead atoms. The first kappa shape index (κ1) is 14.0. The first-order valence-electron chi connectivity index (χ1n) is 6.59. The molecule has 2 amide bonds. The molecular weight excluding hydrogens is 264 g/mol.